The highest BCUT2D eigenvalue weighted by molar-refractivity contribution is 7.97. The molecule has 3 saturated heterocycles. The molecular weight excluding hydrogens is 389 g/mol. The van der Waals surface area contributed by atoms with E-state index >= 15 is 0 Å². The predicted molar refractivity (Wildman–Crippen MR) is 102 cm³/mol. The molecular formula is C20H27F3N2O2S. The molecule has 8 heteroatoms. The molecule has 3 aliphatic heterocycles. The molecule has 0 N–H and O–H groups in total. The van der Waals surface area contributed by atoms with Gasteiger partial charge in [0.25, 0.3) is 0 Å². The summed E-state index contributed by atoms with van der Waals surface area (Å²) in [5.74, 6) is 0. The molecule has 3 fully saturated rings. The molecule has 0 radical (unpaired) electrons. The summed E-state index contributed by atoms with van der Waals surface area (Å²) in [6, 6.07) is 4.49. The average Bonchev–Trinajstić information content (AvgIpc) is 3.09. The van der Waals surface area contributed by atoms with Crippen molar-refractivity contribution in [3.63, 3.8) is 0 Å². The van der Waals surface area contributed by atoms with E-state index in [2.05, 4.69) is 9.21 Å². The Hall–Kier alpha value is -0.800. The lowest BCUT2D eigenvalue weighted by molar-refractivity contribution is -0.137. The van der Waals surface area contributed by atoms with Crippen LogP contribution in [-0.2, 0) is 15.7 Å². The van der Waals surface area contributed by atoms with Crippen LogP contribution in [0.25, 0.3) is 0 Å². The molecule has 0 aromatic heterocycles. The SMILES string of the molecule is Cc1cc(C(F)(F)F)ccc1SN1CCC2(CC1)CC(N1CCOCC1)CO2. The lowest BCUT2D eigenvalue weighted by Gasteiger charge is -2.39. The third-order valence-electron chi connectivity index (χ3n) is 6.11. The molecule has 1 unspecified atom stereocenters. The van der Waals surface area contributed by atoms with Crippen molar-refractivity contribution in [1.82, 2.24) is 9.21 Å². The maximum absolute atomic E-state index is 12.9. The van der Waals surface area contributed by atoms with Gasteiger partial charge in [-0.25, -0.2) is 4.31 Å². The van der Waals surface area contributed by atoms with Gasteiger partial charge in [0.05, 0.1) is 31.0 Å². The molecule has 156 valence electrons. The first-order valence-corrected chi connectivity index (χ1v) is 10.7. The summed E-state index contributed by atoms with van der Waals surface area (Å²) < 4.78 is 52.5. The number of rotatable bonds is 3. The molecule has 28 heavy (non-hydrogen) atoms. The number of alkyl halides is 3. The number of aryl methyl sites for hydroxylation is 1. The second-order valence-electron chi connectivity index (χ2n) is 8.00. The predicted octanol–water partition coefficient (Wildman–Crippen LogP) is 3.98. The number of benzene rings is 1. The Morgan fingerprint density at radius 2 is 1.82 bits per heavy atom. The van der Waals surface area contributed by atoms with Crippen LogP contribution in [0.15, 0.2) is 23.1 Å². The van der Waals surface area contributed by atoms with Gasteiger partial charge in [0.1, 0.15) is 0 Å². The topological polar surface area (TPSA) is 24.9 Å². The van der Waals surface area contributed by atoms with Crippen molar-refractivity contribution in [1.29, 1.82) is 0 Å². The third kappa shape index (κ3) is 4.51. The van der Waals surface area contributed by atoms with Crippen molar-refractivity contribution >= 4 is 11.9 Å². The highest BCUT2D eigenvalue weighted by atomic mass is 32.2. The lowest BCUT2D eigenvalue weighted by atomic mass is 9.88. The number of piperidine rings is 1. The molecule has 1 atom stereocenters. The van der Waals surface area contributed by atoms with Crippen molar-refractivity contribution in [2.24, 2.45) is 0 Å². The summed E-state index contributed by atoms with van der Waals surface area (Å²) in [5.41, 5.74) is 0.0555. The van der Waals surface area contributed by atoms with E-state index in [1.807, 2.05) is 0 Å². The van der Waals surface area contributed by atoms with E-state index < -0.39 is 11.7 Å². The Morgan fingerprint density at radius 1 is 1.11 bits per heavy atom. The zero-order chi connectivity index (χ0) is 19.8. The van der Waals surface area contributed by atoms with Gasteiger partial charge in [-0.1, -0.05) is 0 Å². The number of hydrogen-bond acceptors (Lipinski definition) is 5. The Bertz CT molecular complexity index is 687. The summed E-state index contributed by atoms with van der Waals surface area (Å²) in [6.07, 6.45) is -1.27. The van der Waals surface area contributed by atoms with Crippen LogP contribution in [0.2, 0.25) is 0 Å². The van der Waals surface area contributed by atoms with E-state index in [9.17, 15) is 13.2 Å². The standard InChI is InChI=1S/C20H27F3N2O2S/c1-15-12-16(20(21,22)23)2-3-18(15)28-25-6-4-19(5-7-25)13-17(14-27-19)24-8-10-26-11-9-24/h2-3,12,17H,4-11,13-14H2,1H3. The summed E-state index contributed by atoms with van der Waals surface area (Å²) in [7, 11) is 0. The van der Waals surface area contributed by atoms with Gasteiger partial charge in [0.15, 0.2) is 0 Å². The molecule has 3 aliphatic rings. The van der Waals surface area contributed by atoms with Gasteiger partial charge in [-0.3, -0.25) is 4.90 Å². The zero-order valence-electron chi connectivity index (χ0n) is 16.1. The number of ether oxygens (including phenoxy) is 2. The van der Waals surface area contributed by atoms with Gasteiger partial charge < -0.3 is 9.47 Å². The first-order valence-electron chi connectivity index (χ1n) is 9.91. The largest absolute Gasteiger partial charge is 0.416 e. The minimum Gasteiger partial charge on any atom is -0.379 e. The normalized spacial score (nSPS) is 26.8. The van der Waals surface area contributed by atoms with Gasteiger partial charge in [-0.05, 0) is 61.9 Å². The van der Waals surface area contributed by atoms with Crippen LogP contribution in [0.5, 0.6) is 0 Å². The van der Waals surface area contributed by atoms with Crippen molar-refractivity contribution in [3.8, 4) is 0 Å². The van der Waals surface area contributed by atoms with Crippen LogP contribution in [0.3, 0.4) is 0 Å². The van der Waals surface area contributed by atoms with Crippen LogP contribution in [-0.4, -0.2) is 66.8 Å². The first kappa shape index (κ1) is 20.5. The molecule has 4 nitrogen and oxygen atoms in total. The van der Waals surface area contributed by atoms with Gasteiger partial charge in [0, 0.05) is 37.1 Å². The number of morpholine rings is 1. The summed E-state index contributed by atoms with van der Waals surface area (Å²) in [6.45, 7) is 7.91. The molecule has 4 rings (SSSR count). The van der Waals surface area contributed by atoms with Crippen LogP contribution in [0.4, 0.5) is 13.2 Å². The Balaban J connectivity index is 1.31. The van der Waals surface area contributed by atoms with Gasteiger partial charge in [0.2, 0.25) is 0 Å². The number of halogens is 3. The highest BCUT2D eigenvalue weighted by Crippen LogP contribution is 2.41. The minimum atomic E-state index is -4.29. The van der Waals surface area contributed by atoms with Crippen LogP contribution >= 0.6 is 11.9 Å². The first-order chi connectivity index (χ1) is 13.3. The van der Waals surface area contributed by atoms with Crippen molar-refractivity contribution in [2.75, 3.05) is 46.0 Å². The fourth-order valence-electron chi connectivity index (χ4n) is 4.40. The summed E-state index contributed by atoms with van der Waals surface area (Å²) in [4.78, 5) is 3.38. The Morgan fingerprint density at radius 3 is 2.46 bits per heavy atom. The van der Waals surface area contributed by atoms with Crippen molar-refractivity contribution in [2.45, 2.75) is 48.9 Å². The summed E-state index contributed by atoms with van der Waals surface area (Å²) >= 11 is 1.56. The third-order valence-corrected chi connectivity index (χ3v) is 7.39. The van der Waals surface area contributed by atoms with Crippen LogP contribution < -0.4 is 0 Å². The van der Waals surface area contributed by atoms with Crippen molar-refractivity contribution in [3.05, 3.63) is 29.3 Å². The Labute approximate surface area is 168 Å². The van der Waals surface area contributed by atoms with E-state index in [0.29, 0.717) is 11.6 Å². The highest BCUT2D eigenvalue weighted by Gasteiger charge is 2.44. The van der Waals surface area contributed by atoms with Crippen LogP contribution in [0, 0.1) is 6.92 Å². The lowest BCUT2D eigenvalue weighted by Crippen LogP contribution is -2.46. The quantitative estimate of drug-likeness (QED) is 0.695. The monoisotopic (exact) mass is 416 g/mol. The second-order valence-corrected chi connectivity index (χ2v) is 9.14. The molecule has 3 heterocycles. The molecule has 0 bridgehead atoms. The van der Waals surface area contributed by atoms with Gasteiger partial charge in [-0.15, -0.1) is 0 Å². The van der Waals surface area contributed by atoms with Crippen molar-refractivity contribution < 1.29 is 22.6 Å². The molecule has 0 saturated carbocycles. The average molecular weight is 417 g/mol. The Kier molecular flexibility index (Phi) is 5.95. The fraction of sp³-hybridized carbons (Fsp3) is 0.700. The van der Waals surface area contributed by atoms with E-state index in [0.717, 1.165) is 70.2 Å². The molecule has 1 spiro atoms. The molecule has 0 amide bonds. The van der Waals surface area contributed by atoms with Crippen LogP contribution in [0.1, 0.15) is 30.4 Å². The number of nitrogens with zero attached hydrogens (tertiary/aromatic N) is 2. The van der Waals surface area contributed by atoms with E-state index in [1.54, 1.807) is 24.9 Å². The summed E-state index contributed by atoms with van der Waals surface area (Å²) in [5, 5.41) is 0. The van der Waals surface area contributed by atoms with Gasteiger partial charge in [-0.2, -0.15) is 13.2 Å². The van der Waals surface area contributed by atoms with E-state index in [1.165, 1.54) is 12.1 Å². The maximum atomic E-state index is 12.9. The van der Waals surface area contributed by atoms with E-state index in [4.69, 9.17) is 9.47 Å². The smallest absolute Gasteiger partial charge is 0.379 e. The zero-order valence-corrected chi connectivity index (χ0v) is 17.0. The maximum Gasteiger partial charge on any atom is 0.416 e. The number of hydrogen-bond donors (Lipinski definition) is 0. The second kappa shape index (κ2) is 8.14. The van der Waals surface area contributed by atoms with E-state index in [-0.39, 0.29) is 5.60 Å². The molecule has 1 aromatic carbocycles. The molecule has 0 aliphatic carbocycles. The van der Waals surface area contributed by atoms with Gasteiger partial charge >= 0.3 is 6.18 Å². The fourth-order valence-corrected chi connectivity index (χ4v) is 5.37. The minimum absolute atomic E-state index is 0.0325. The molecule has 1 aromatic rings.